The van der Waals surface area contributed by atoms with Gasteiger partial charge in [-0.15, -0.1) is 12.4 Å². The molecule has 1 aromatic rings. The molecule has 7 heteroatoms. The second kappa shape index (κ2) is 7.84. The van der Waals surface area contributed by atoms with Crippen molar-refractivity contribution in [3.05, 3.63) is 39.7 Å². The van der Waals surface area contributed by atoms with Gasteiger partial charge in [0.25, 0.3) is 0 Å². The van der Waals surface area contributed by atoms with Gasteiger partial charge in [0, 0.05) is 23.0 Å². The molecular formula is C10H14BrClN2O2S. The van der Waals surface area contributed by atoms with Crippen LogP contribution >= 0.6 is 28.3 Å². The summed E-state index contributed by atoms with van der Waals surface area (Å²) in [7, 11) is -3.37. The Kier molecular flexibility index (Phi) is 7.65. The maximum Gasteiger partial charge on any atom is 0.233 e. The van der Waals surface area contributed by atoms with E-state index >= 15 is 0 Å². The first-order valence-corrected chi connectivity index (χ1v) is 7.01. The predicted octanol–water partition coefficient (Wildman–Crippen LogP) is 1.72. The van der Waals surface area contributed by atoms with Crippen molar-refractivity contribution in [1.82, 2.24) is 4.72 Å². The van der Waals surface area contributed by atoms with Gasteiger partial charge in [0.1, 0.15) is 0 Å². The molecule has 0 spiro atoms. The van der Waals surface area contributed by atoms with Gasteiger partial charge in [-0.2, -0.15) is 0 Å². The molecule has 96 valence electrons. The Bertz CT molecular complexity index is 460. The van der Waals surface area contributed by atoms with E-state index in [1.165, 1.54) is 6.08 Å². The monoisotopic (exact) mass is 340 g/mol. The molecule has 1 aromatic carbocycles. The molecule has 3 N–H and O–H groups in total. The lowest BCUT2D eigenvalue weighted by molar-refractivity contribution is 0.591. The van der Waals surface area contributed by atoms with Gasteiger partial charge < -0.3 is 5.73 Å². The van der Waals surface area contributed by atoms with Crippen molar-refractivity contribution >= 4 is 44.4 Å². The van der Waals surface area contributed by atoms with E-state index < -0.39 is 10.0 Å². The van der Waals surface area contributed by atoms with Crippen molar-refractivity contribution < 1.29 is 8.42 Å². The summed E-state index contributed by atoms with van der Waals surface area (Å²) in [6.45, 7) is 0.526. The van der Waals surface area contributed by atoms with Crippen LogP contribution in [0.4, 0.5) is 0 Å². The molecule has 0 aliphatic heterocycles. The lowest BCUT2D eigenvalue weighted by Gasteiger charge is -1.99. The fourth-order valence-corrected chi connectivity index (χ4v) is 2.09. The third kappa shape index (κ3) is 6.80. The molecule has 0 saturated heterocycles. The largest absolute Gasteiger partial charge is 0.329 e. The van der Waals surface area contributed by atoms with Crippen LogP contribution in [0.3, 0.4) is 0 Å². The second-order valence-corrected chi connectivity index (χ2v) is 5.65. The van der Waals surface area contributed by atoms with Gasteiger partial charge in [0.05, 0.1) is 0 Å². The highest BCUT2D eigenvalue weighted by Gasteiger charge is 2.02. The molecule has 4 nitrogen and oxygen atoms in total. The lowest BCUT2D eigenvalue weighted by atomic mass is 10.2. The van der Waals surface area contributed by atoms with Crippen molar-refractivity contribution in [2.45, 2.75) is 0 Å². The van der Waals surface area contributed by atoms with Crippen molar-refractivity contribution in [2.75, 3.05) is 13.1 Å². The third-order valence-corrected chi connectivity index (χ3v) is 3.39. The Labute approximate surface area is 116 Å². The minimum Gasteiger partial charge on any atom is -0.329 e. The zero-order valence-electron chi connectivity index (χ0n) is 8.97. The minimum absolute atomic E-state index is 0. The highest BCUT2D eigenvalue weighted by Crippen LogP contribution is 2.11. The molecule has 0 unspecified atom stereocenters. The number of halogens is 2. The van der Waals surface area contributed by atoms with E-state index in [1.54, 1.807) is 0 Å². The number of nitrogens with two attached hydrogens (primary N) is 1. The number of benzene rings is 1. The average molecular weight is 342 g/mol. The predicted molar refractivity (Wildman–Crippen MR) is 76.4 cm³/mol. The van der Waals surface area contributed by atoms with Crippen molar-refractivity contribution in [1.29, 1.82) is 0 Å². The molecule has 0 aliphatic carbocycles. The summed E-state index contributed by atoms with van der Waals surface area (Å²) in [5.41, 5.74) is 6.02. The topological polar surface area (TPSA) is 72.2 Å². The van der Waals surface area contributed by atoms with Crippen LogP contribution in [0, 0.1) is 0 Å². The lowest BCUT2D eigenvalue weighted by Crippen LogP contribution is -2.27. The SMILES string of the molecule is Cl.NCCNS(=O)(=O)/C=C/c1ccc(Br)cc1. The van der Waals surface area contributed by atoms with Gasteiger partial charge in [-0.1, -0.05) is 28.1 Å². The van der Waals surface area contributed by atoms with Crippen LogP contribution in [0.1, 0.15) is 5.56 Å². The van der Waals surface area contributed by atoms with Crippen LogP contribution < -0.4 is 10.5 Å². The average Bonchev–Trinajstić information content (AvgIpc) is 2.26. The van der Waals surface area contributed by atoms with Crippen LogP contribution in [-0.2, 0) is 10.0 Å². The van der Waals surface area contributed by atoms with Crippen LogP contribution in [0.5, 0.6) is 0 Å². The molecule has 0 aromatic heterocycles. The highest BCUT2D eigenvalue weighted by atomic mass is 79.9. The second-order valence-electron chi connectivity index (χ2n) is 3.08. The molecular weight excluding hydrogens is 328 g/mol. The van der Waals surface area contributed by atoms with Gasteiger partial charge in [-0.3, -0.25) is 0 Å². The van der Waals surface area contributed by atoms with Gasteiger partial charge >= 0.3 is 0 Å². The Morgan fingerprint density at radius 3 is 2.41 bits per heavy atom. The van der Waals surface area contributed by atoms with E-state index in [0.29, 0.717) is 0 Å². The van der Waals surface area contributed by atoms with Gasteiger partial charge in [0.2, 0.25) is 10.0 Å². The number of rotatable bonds is 5. The summed E-state index contributed by atoms with van der Waals surface area (Å²) in [5.74, 6) is 0. The van der Waals surface area contributed by atoms with Crippen molar-refractivity contribution in [2.24, 2.45) is 5.73 Å². The zero-order chi connectivity index (χ0) is 12.0. The quantitative estimate of drug-likeness (QED) is 0.856. The first-order chi connectivity index (χ1) is 7.53. The molecule has 1 rings (SSSR count). The summed E-state index contributed by atoms with van der Waals surface area (Å²) in [5, 5.41) is 1.13. The summed E-state index contributed by atoms with van der Waals surface area (Å²) in [6, 6.07) is 7.33. The standard InChI is InChI=1S/C10H13BrN2O2S.ClH/c11-10-3-1-9(2-4-10)5-8-16(14,15)13-7-6-12;/h1-5,8,13H,6-7,12H2;1H/b8-5+;. The first kappa shape index (κ1) is 16.6. The number of hydrogen-bond acceptors (Lipinski definition) is 3. The molecule has 0 fully saturated rings. The zero-order valence-corrected chi connectivity index (χ0v) is 12.2. The molecule has 0 amide bonds. The molecule has 0 atom stereocenters. The van der Waals surface area contributed by atoms with Gasteiger partial charge in [0.15, 0.2) is 0 Å². The minimum atomic E-state index is -3.37. The number of sulfonamides is 1. The third-order valence-electron chi connectivity index (χ3n) is 1.76. The summed E-state index contributed by atoms with van der Waals surface area (Å²) in [6.07, 6.45) is 1.53. The first-order valence-electron chi connectivity index (χ1n) is 4.67. The van der Waals surface area contributed by atoms with E-state index in [4.69, 9.17) is 5.73 Å². The van der Waals surface area contributed by atoms with Gasteiger partial charge in [-0.25, -0.2) is 13.1 Å². The number of nitrogens with one attached hydrogen (secondary N) is 1. The van der Waals surface area contributed by atoms with E-state index in [1.807, 2.05) is 24.3 Å². The molecule has 17 heavy (non-hydrogen) atoms. The van der Waals surface area contributed by atoms with Crippen molar-refractivity contribution in [3.63, 3.8) is 0 Å². The fourth-order valence-electron chi connectivity index (χ4n) is 0.991. The van der Waals surface area contributed by atoms with Crippen LogP contribution in [0.25, 0.3) is 6.08 Å². The Morgan fingerprint density at radius 1 is 1.29 bits per heavy atom. The van der Waals surface area contributed by atoms with E-state index in [0.717, 1.165) is 15.4 Å². The molecule has 0 aliphatic rings. The Balaban J connectivity index is 0.00000256. The Hall–Kier alpha value is -0.400. The molecule has 0 radical (unpaired) electrons. The maximum atomic E-state index is 11.4. The molecule has 0 heterocycles. The molecule has 0 saturated carbocycles. The Morgan fingerprint density at radius 2 is 1.88 bits per heavy atom. The smallest absolute Gasteiger partial charge is 0.233 e. The van der Waals surface area contributed by atoms with Crippen LogP contribution in [0.15, 0.2) is 34.1 Å². The van der Waals surface area contributed by atoms with E-state index in [-0.39, 0.29) is 25.5 Å². The highest BCUT2D eigenvalue weighted by molar-refractivity contribution is 9.10. The van der Waals surface area contributed by atoms with Crippen LogP contribution in [-0.4, -0.2) is 21.5 Å². The number of hydrogen-bond donors (Lipinski definition) is 2. The molecule has 0 bridgehead atoms. The van der Waals surface area contributed by atoms with E-state index in [2.05, 4.69) is 20.7 Å². The summed E-state index contributed by atoms with van der Waals surface area (Å²) >= 11 is 3.30. The summed E-state index contributed by atoms with van der Waals surface area (Å²) < 4.78 is 26.0. The van der Waals surface area contributed by atoms with E-state index in [9.17, 15) is 8.42 Å². The fraction of sp³-hybridized carbons (Fsp3) is 0.200. The van der Waals surface area contributed by atoms with Crippen LogP contribution in [0.2, 0.25) is 0 Å². The summed E-state index contributed by atoms with van der Waals surface area (Å²) in [4.78, 5) is 0. The van der Waals surface area contributed by atoms with Crippen molar-refractivity contribution in [3.8, 4) is 0 Å². The van der Waals surface area contributed by atoms with Gasteiger partial charge in [-0.05, 0) is 23.8 Å². The maximum absolute atomic E-state index is 11.4. The normalized spacial score (nSPS) is 11.4.